The van der Waals surface area contributed by atoms with E-state index in [1.54, 1.807) is 0 Å². The summed E-state index contributed by atoms with van der Waals surface area (Å²) in [5.74, 6) is 2.78. The summed E-state index contributed by atoms with van der Waals surface area (Å²) in [6.07, 6.45) is 1.27. The summed E-state index contributed by atoms with van der Waals surface area (Å²) in [5, 5.41) is 3.67. The molecule has 0 spiro atoms. The Bertz CT molecular complexity index is 637. The second-order valence-electron chi connectivity index (χ2n) is 4.02. The first kappa shape index (κ1) is 12.2. The molecular weight excluding hydrogens is 256 g/mol. The van der Waals surface area contributed by atoms with Gasteiger partial charge in [0.1, 0.15) is 17.2 Å². The minimum absolute atomic E-state index is 0.273. The molecular formula is C15H12N2O3. The molecule has 100 valence electrons. The largest absolute Gasteiger partial charge is 0.485 e. The number of para-hydroxylation sites is 1. The summed E-state index contributed by atoms with van der Waals surface area (Å²) < 4.78 is 15.8. The molecule has 2 aromatic carbocycles. The van der Waals surface area contributed by atoms with Gasteiger partial charge in [-0.2, -0.15) is 4.98 Å². The Labute approximate surface area is 115 Å². The standard InChI is InChI=1S/C15H12N2O3/c1-2-4-13(5-3-1)20-14-8-6-12(7-9-14)18-10-15-16-11-19-17-15/h1-9,11H,10H2. The van der Waals surface area contributed by atoms with Crippen LogP contribution in [0.15, 0.2) is 65.5 Å². The maximum absolute atomic E-state index is 5.69. The first-order chi connectivity index (χ1) is 9.90. The lowest BCUT2D eigenvalue weighted by Crippen LogP contribution is -1.97. The lowest BCUT2D eigenvalue weighted by molar-refractivity contribution is 0.286. The number of aromatic nitrogens is 2. The van der Waals surface area contributed by atoms with E-state index in [0.717, 1.165) is 17.2 Å². The molecule has 0 aliphatic carbocycles. The SMILES string of the molecule is c1ccc(Oc2ccc(OCc3ncon3)cc2)cc1. The summed E-state index contributed by atoms with van der Waals surface area (Å²) in [7, 11) is 0. The van der Waals surface area contributed by atoms with E-state index in [1.165, 1.54) is 6.39 Å². The number of ether oxygens (including phenoxy) is 2. The quantitative estimate of drug-likeness (QED) is 0.709. The molecule has 5 nitrogen and oxygen atoms in total. The number of rotatable bonds is 5. The van der Waals surface area contributed by atoms with Crippen LogP contribution in [0.5, 0.6) is 17.2 Å². The van der Waals surface area contributed by atoms with Crippen molar-refractivity contribution in [1.82, 2.24) is 10.1 Å². The third-order valence-electron chi connectivity index (χ3n) is 2.58. The van der Waals surface area contributed by atoms with Crippen molar-refractivity contribution in [3.05, 3.63) is 66.8 Å². The minimum Gasteiger partial charge on any atom is -0.485 e. The zero-order valence-corrected chi connectivity index (χ0v) is 10.6. The van der Waals surface area contributed by atoms with E-state index in [2.05, 4.69) is 14.7 Å². The molecule has 0 aliphatic heterocycles. The highest BCUT2D eigenvalue weighted by Crippen LogP contribution is 2.23. The monoisotopic (exact) mass is 268 g/mol. The van der Waals surface area contributed by atoms with Crippen molar-refractivity contribution in [2.24, 2.45) is 0 Å². The van der Waals surface area contributed by atoms with Gasteiger partial charge >= 0.3 is 0 Å². The van der Waals surface area contributed by atoms with E-state index in [4.69, 9.17) is 9.47 Å². The van der Waals surface area contributed by atoms with Crippen LogP contribution in [-0.4, -0.2) is 10.1 Å². The Balaban J connectivity index is 1.60. The predicted octanol–water partition coefficient (Wildman–Crippen LogP) is 3.44. The molecule has 1 heterocycles. The molecule has 0 atom stereocenters. The molecule has 0 aliphatic rings. The zero-order chi connectivity index (χ0) is 13.6. The smallest absolute Gasteiger partial charge is 0.213 e. The van der Waals surface area contributed by atoms with Gasteiger partial charge in [0, 0.05) is 0 Å². The van der Waals surface area contributed by atoms with E-state index in [9.17, 15) is 0 Å². The molecule has 0 saturated heterocycles. The van der Waals surface area contributed by atoms with Gasteiger partial charge in [0.25, 0.3) is 0 Å². The molecule has 0 fully saturated rings. The zero-order valence-electron chi connectivity index (χ0n) is 10.6. The van der Waals surface area contributed by atoms with Crippen molar-refractivity contribution < 1.29 is 14.0 Å². The van der Waals surface area contributed by atoms with Gasteiger partial charge < -0.3 is 14.0 Å². The Morgan fingerprint density at radius 2 is 1.55 bits per heavy atom. The van der Waals surface area contributed by atoms with Crippen molar-refractivity contribution in [1.29, 1.82) is 0 Å². The Kier molecular flexibility index (Phi) is 3.59. The van der Waals surface area contributed by atoms with Crippen molar-refractivity contribution in [2.75, 3.05) is 0 Å². The highest BCUT2D eigenvalue weighted by molar-refractivity contribution is 5.35. The third kappa shape index (κ3) is 3.14. The predicted molar refractivity (Wildman–Crippen MR) is 71.6 cm³/mol. The molecule has 1 aromatic heterocycles. The first-order valence-corrected chi connectivity index (χ1v) is 6.11. The van der Waals surface area contributed by atoms with Crippen LogP contribution >= 0.6 is 0 Å². The average molecular weight is 268 g/mol. The van der Waals surface area contributed by atoms with E-state index in [-0.39, 0.29) is 6.61 Å². The van der Waals surface area contributed by atoms with Crippen LogP contribution in [0.2, 0.25) is 0 Å². The van der Waals surface area contributed by atoms with Crippen LogP contribution in [0.1, 0.15) is 5.82 Å². The number of hydrogen-bond donors (Lipinski definition) is 0. The van der Waals surface area contributed by atoms with Crippen LogP contribution < -0.4 is 9.47 Å². The van der Waals surface area contributed by atoms with Gasteiger partial charge in [-0.05, 0) is 36.4 Å². The molecule has 20 heavy (non-hydrogen) atoms. The Morgan fingerprint density at radius 1 is 0.850 bits per heavy atom. The van der Waals surface area contributed by atoms with Crippen molar-refractivity contribution in [3.8, 4) is 17.2 Å². The normalized spacial score (nSPS) is 10.2. The van der Waals surface area contributed by atoms with Gasteiger partial charge in [0.15, 0.2) is 6.61 Å². The molecule has 3 rings (SSSR count). The fraction of sp³-hybridized carbons (Fsp3) is 0.0667. The van der Waals surface area contributed by atoms with Crippen molar-refractivity contribution in [3.63, 3.8) is 0 Å². The van der Waals surface area contributed by atoms with E-state index < -0.39 is 0 Å². The molecule has 0 bridgehead atoms. The van der Waals surface area contributed by atoms with Gasteiger partial charge in [-0.3, -0.25) is 0 Å². The van der Waals surface area contributed by atoms with Gasteiger partial charge in [0.05, 0.1) is 0 Å². The number of nitrogens with zero attached hydrogens (tertiary/aromatic N) is 2. The van der Waals surface area contributed by atoms with Gasteiger partial charge in [-0.15, -0.1) is 0 Å². The lowest BCUT2D eigenvalue weighted by Gasteiger charge is -2.07. The fourth-order valence-electron chi connectivity index (χ4n) is 1.63. The molecule has 0 unspecified atom stereocenters. The summed E-state index contributed by atoms with van der Waals surface area (Å²) in [4.78, 5) is 3.88. The summed E-state index contributed by atoms with van der Waals surface area (Å²) in [6, 6.07) is 17.0. The highest BCUT2D eigenvalue weighted by atomic mass is 16.5. The lowest BCUT2D eigenvalue weighted by atomic mass is 10.3. The summed E-state index contributed by atoms with van der Waals surface area (Å²) in [6.45, 7) is 0.273. The Hall–Kier alpha value is -2.82. The fourth-order valence-corrected chi connectivity index (χ4v) is 1.63. The maximum Gasteiger partial charge on any atom is 0.213 e. The summed E-state index contributed by atoms with van der Waals surface area (Å²) >= 11 is 0. The van der Waals surface area contributed by atoms with Crippen LogP contribution in [0, 0.1) is 0 Å². The van der Waals surface area contributed by atoms with E-state index in [0.29, 0.717) is 5.82 Å². The van der Waals surface area contributed by atoms with Crippen molar-refractivity contribution >= 4 is 0 Å². The maximum atomic E-state index is 5.69. The number of hydrogen-bond acceptors (Lipinski definition) is 5. The average Bonchev–Trinajstić information content (AvgIpc) is 3.01. The molecule has 3 aromatic rings. The van der Waals surface area contributed by atoms with Crippen LogP contribution in [0.4, 0.5) is 0 Å². The Morgan fingerprint density at radius 3 is 2.25 bits per heavy atom. The van der Waals surface area contributed by atoms with Crippen LogP contribution in [0.25, 0.3) is 0 Å². The minimum atomic E-state index is 0.273. The third-order valence-corrected chi connectivity index (χ3v) is 2.58. The van der Waals surface area contributed by atoms with Gasteiger partial charge in [0.2, 0.25) is 12.2 Å². The molecule has 5 heteroatoms. The second kappa shape index (κ2) is 5.88. The van der Waals surface area contributed by atoms with Gasteiger partial charge in [-0.1, -0.05) is 23.4 Å². The second-order valence-corrected chi connectivity index (χ2v) is 4.02. The van der Waals surface area contributed by atoms with Crippen molar-refractivity contribution in [2.45, 2.75) is 6.61 Å². The van der Waals surface area contributed by atoms with Crippen LogP contribution in [0.3, 0.4) is 0 Å². The molecule has 0 N–H and O–H groups in total. The first-order valence-electron chi connectivity index (χ1n) is 6.11. The molecule has 0 amide bonds. The molecule has 0 saturated carbocycles. The van der Waals surface area contributed by atoms with Gasteiger partial charge in [-0.25, -0.2) is 0 Å². The van der Waals surface area contributed by atoms with E-state index in [1.807, 2.05) is 54.6 Å². The molecule has 0 radical (unpaired) electrons. The highest BCUT2D eigenvalue weighted by Gasteiger charge is 2.01. The summed E-state index contributed by atoms with van der Waals surface area (Å²) in [5.41, 5.74) is 0. The number of benzene rings is 2. The van der Waals surface area contributed by atoms with Crippen LogP contribution in [-0.2, 0) is 6.61 Å². The topological polar surface area (TPSA) is 57.4 Å². The van der Waals surface area contributed by atoms with E-state index >= 15 is 0 Å².